The standard InChI is InChI=1S/C9H9BrFNO2/c1-5(10)6-2-3-7(11)8(4-6)14-9(12)13/h2-5H,1H3,(H2,12,13). The van der Waals surface area contributed by atoms with Crippen molar-refractivity contribution in [2.45, 2.75) is 11.8 Å². The Morgan fingerprint density at radius 2 is 2.29 bits per heavy atom. The predicted molar refractivity (Wildman–Crippen MR) is 54.0 cm³/mol. The second-order valence-corrected chi connectivity index (χ2v) is 4.10. The number of hydrogen-bond acceptors (Lipinski definition) is 2. The molecular formula is C9H9BrFNO2. The van der Waals surface area contributed by atoms with E-state index in [1.807, 2.05) is 6.92 Å². The molecule has 0 saturated heterocycles. The van der Waals surface area contributed by atoms with Gasteiger partial charge in [-0.1, -0.05) is 22.0 Å². The Bertz CT molecular complexity index is 355. The summed E-state index contributed by atoms with van der Waals surface area (Å²) < 4.78 is 17.5. The van der Waals surface area contributed by atoms with Crippen molar-refractivity contribution in [2.75, 3.05) is 0 Å². The van der Waals surface area contributed by atoms with Crippen molar-refractivity contribution < 1.29 is 13.9 Å². The SMILES string of the molecule is CC(Br)c1ccc(F)c(OC(N)=O)c1. The first kappa shape index (κ1) is 11.0. The predicted octanol–water partition coefficient (Wildman–Crippen LogP) is 2.74. The van der Waals surface area contributed by atoms with Gasteiger partial charge in [-0.2, -0.15) is 0 Å². The maximum atomic E-state index is 13.0. The molecule has 0 heterocycles. The quantitative estimate of drug-likeness (QED) is 0.833. The number of benzene rings is 1. The Kier molecular flexibility index (Phi) is 3.46. The lowest BCUT2D eigenvalue weighted by Gasteiger charge is -2.07. The molecule has 3 nitrogen and oxygen atoms in total. The van der Waals surface area contributed by atoms with E-state index in [2.05, 4.69) is 20.7 Å². The second-order valence-electron chi connectivity index (χ2n) is 2.73. The normalized spacial score (nSPS) is 12.2. The van der Waals surface area contributed by atoms with Gasteiger partial charge < -0.3 is 10.5 Å². The van der Waals surface area contributed by atoms with E-state index in [0.29, 0.717) is 0 Å². The summed E-state index contributed by atoms with van der Waals surface area (Å²) >= 11 is 3.31. The fourth-order valence-corrected chi connectivity index (χ4v) is 1.24. The maximum Gasteiger partial charge on any atom is 0.410 e. The minimum absolute atomic E-state index is 0.0540. The van der Waals surface area contributed by atoms with Crippen LogP contribution in [0.2, 0.25) is 0 Å². The molecule has 1 rings (SSSR count). The van der Waals surface area contributed by atoms with Gasteiger partial charge in [-0.05, 0) is 24.6 Å². The number of rotatable bonds is 2. The molecule has 0 aliphatic carbocycles. The monoisotopic (exact) mass is 261 g/mol. The average Bonchev–Trinajstić information content (AvgIpc) is 2.07. The molecule has 76 valence electrons. The molecule has 1 aromatic rings. The van der Waals surface area contributed by atoms with Gasteiger partial charge in [0.05, 0.1) is 0 Å². The summed E-state index contributed by atoms with van der Waals surface area (Å²) in [4.78, 5) is 10.5. The molecule has 0 radical (unpaired) electrons. The molecule has 1 amide bonds. The van der Waals surface area contributed by atoms with Gasteiger partial charge in [0.1, 0.15) is 0 Å². The van der Waals surface area contributed by atoms with Crippen LogP contribution in [-0.2, 0) is 0 Å². The smallest absolute Gasteiger partial charge is 0.407 e. The number of carbonyl (C=O) groups is 1. The van der Waals surface area contributed by atoms with Crippen molar-refractivity contribution >= 4 is 22.0 Å². The van der Waals surface area contributed by atoms with Gasteiger partial charge in [-0.3, -0.25) is 0 Å². The van der Waals surface area contributed by atoms with Crippen LogP contribution < -0.4 is 10.5 Å². The number of amides is 1. The van der Waals surface area contributed by atoms with Crippen LogP contribution in [0.25, 0.3) is 0 Å². The van der Waals surface area contributed by atoms with E-state index < -0.39 is 11.9 Å². The van der Waals surface area contributed by atoms with Gasteiger partial charge in [-0.25, -0.2) is 9.18 Å². The van der Waals surface area contributed by atoms with E-state index in [-0.39, 0.29) is 10.6 Å². The van der Waals surface area contributed by atoms with Crippen LogP contribution in [0.4, 0.5) is 9.18 Å². The summed E-state index contributed by atoms with van der Waals surface area (Å²) in [5.74, 6) is -0.762. The third-order valence-corrected chi connectivity index (χ3v) is 2.15. The molecule has 0 aliphatic rings. The minimum Gasteiger partial charge on any atom is -0.407 e. The molecule has 1 atom stereocenters. The largest absolute Gasteiger partial charge is 0.410 e. The Labute approximate surface area is 89.2 Å². The Hall–Kier alpha value is -1.10. The van der Waals surface area contributed by atoms with Gasteiger partial charge in [0.2, 0.25) is 0 Å². The minimum atomic E-state index is -1.02. The van der Waals surface area contributed by atoms with Crippen LogP contribution in [0.3, 0.4) is 0 Å². The van der Waals surface area contributed by atoms with Crippen molar-refractivity contribution in [1.29, 1.82) is 0 Å². The lowest BCUT2D eigenvalue weighted by molar-refractivity contribution is 0.208. The average molecular weight is 262 g/mol. The zero-order valence-electron chi connectivity index (χ0n) is 7.46. The summed E-state index contributed by atoms with van der Waals surface area (Å²) in [7, 11) is 0. The van der Waals surface area contributed by atoms with Crippen LogP contribution in [0.1, 0.15) is 17.3 Å². The molecule has 2 N–H and O–H groups in total. The van der Waals surface area contributed by atoms with Crippen molar-refractivity contribution in [3.05, 3.63) is 29.6 Å². The van der Waals surface area contributed by atoms with Crippen molar-refractivity contribution in [1.82, 2.24) is 0 Å². The van der Waals surface area contributed by atoms with E-state index in [1.165, 1.54) is 12.1 Å². The number of nitrogens with two attached hydrogens (primary N) is 1. The van der Waals surface area contributed by atoms with Crippen LogP contribution in [-0.4, -0.2) is 6.09 Å². The van der Waals surface area contributed by atoms with Crippen LogP contribution in [0.15, 0.2) is 18.2 Å². The number of carbonyl (C=O) groups excluding carboxylic acids is 1. The third-order valence-electron chi connectivity index (χ3n) is 1.63. The molecule has 1 aromatic carbocycles. The molecular weight excluding hydrogens is 253 g/mol. The van der Waals surface area contributed by atoms with E-state index in [9.17, 15) is 9.18 Å². The number of halogens is 2. The van der Waals surface area contributed by atoms with E-state index >= 15 is 0 Å². The first-order valence-corrected chi connectivity index (χ1v) is 4.83. The first-order valence-electron chi connectivity index (χ1n) is 3.91. The number of alkyl halides is 1. The topological polar surface area (TPSA) is 52.3 Å². The van der Waals surface area contributed by atoms with E-state index in [0.717, 1.165) is 5.56 Å². The summed E-state index contributed by atoms with van der Waals surface area (Å²) in [5, 5.41) is 0. The molecule has 0 aromatic heterocycles. The molecule has 5 heteroatoms. The zero-order valence-corrected chi connectivity index (χ0v) is 9.05. The number of ether oxygens (including phenoxy) is 1. The maximum absolute atomic E-state index is 13.0. The first-order chi connectivity index (χ1) is 6.50. The summed E-state index contributed by atoms with van der Waals surface area (Å²) in [5.41, 5.74) is 5.59. The molecule has 1 unspecified atom stereocenters. The van der Waals surface area contributed by atoms with E-state index in [4.69, 9.17) is 5.73 Å². The van der Waals surface area contributed by atoms with E-state index in [1.54, 1.807) is 6.07 Å². The van der Waals surface area contributed by atoms with Gasteiger partial charge in [0.15, 0.2) is 11.6 Å². The summed E-state index contributed by atoms with van der Waals surface area (Å²) in [6.45, 7) is 1.88. The second kappa shape index (κ2) is 4.41. The highest BCUT2D eigenvalue weighted by atomic mass is 79.9. The molecule has 0 bridgehead atoms. The fourth-order valence-electron chi connectivity index (χ4n) is 0.954. The van der Waals surface area contributed by atoms with Crippen molar-refractivity contribution in [2.24, 2.45) is 5.73 Å². The summed E-state index contributed by atoms with van der Waals surface area (Å²) in [6, 6.07) is 4.26. The van der Waals surface area contributed by atoms with Gasteiger partial charge in [0.25, 0.3) is 0 Å². The van der Waals surface area contributed by atoms with Gasteiger partial charge in [-0.15, -0.1) is 0 Å². The number of hydrogen-bond donors (Lipinski definition) is 1. The molecule has 14 heavy (non-hydrogen) atoms. The Balaban J connectivity index is 3.02. The summed E-state index contributed by atoms with van der Waals surface area (Å²) in [6.07, 6.45) is -1.02. The zero-order chi connectivity index (χ0) is 10.7. The van der Waals surface area contributed by atoms with Crippen LogP contribution in [0, 0.1) is 5.82 Å². The molecule has 0 fully saturated rings. The molecule has 0 saturated carbocycles. The Morgan fingerprint density at radius 3 is 2.79 bits per heavy atom. The highest BCUT2D eigenvalue weighted by Gasteiger charge is 2.09. The highest BCUT2D eigenvalue weighted by Crippen LogP contribution is 2.27. The van der Waals surface area contributed by atoms with Crippen LogP contribution >= 0.6 is 15.9 Å². The lowest BCUT2D eigenvalue weighted by atomic mass is 10.1. The van der Waals surface area contributed by atoms with Gasteiger partial charge in [0, 0.05) is 4.83 Å². The number of primary amides is 1. The van der Waals surface area contributed by atoms with Gasteiger partial charge >= 0.3 is 6.09 Å². The Morgan fingerprint density at radius 1 is 1.64 bits per heavy atom. The molecule has 0 spiro atoms. The highest BCUT2D eigenvalue weighted by molar-refractivity contribution is 9.09. The molecule has 0 aliphatic heterocycles. The van der Waals surface area contributed by atoms with Crippen molar-refractivity contribution in [3.8, 4) is 5.75 Å². The van der Waals surface area contributed by atoms with Crippen LogP contribution in [0.5, 0.6) is 5.75 Å². The fraction of sp³-hybridized carbons (Fsp3) is 0.222. The lowest BCUT2D eigenvalue weighted by Crippen LogP contribution is -2.17. The van der Waals surface area contributed by atoms with Crippen molar-refractivity contribution in [3.63, 3.8) is 0 Å². The third kappa shape index (κ3) is 2.70.